The van der Waals surface area contributed by atoms with Crippen LogP contribution < -0.4 is 16.4 Å². The van der Waals surface area contributed by atoms with Crippen molar-refractivity contribution < 1.29 is 19.5 Å². The zero-order valence-corrected chi connectivity index (χ0v) is 12.3. The number of hydrogen-bond donors (Lipinski definition) is 4. The first-order valence-electron chi connectivity index (χ1n) is 6.89. The van der Waals surface area contributed by atoms with Crippen LogP contribution in [0.5, 0.6) is 0 Å². The smallest absolute Gasteiger partial charge is 0.326 e. The molecule has 0 radical (unpaired) electrons. The molecule has 0 saturated carbocycles. The van der Waals surface area contributed by atoms with Gasteiger partial charge >= 0.3 is 12.0 Å². The fourth-order valence-electron chi connectivity index (χ4n) is 2.06. The number of aliphatic carboxylic acids is 1. The van der Waals surface area contributed by atoms with Crippen LogP contribution in [0.3, 0.4) is 0 Å². The highest BCUT2D eigenvalue weighted by Gasteiger charge is 2.22. The lowest BCUT2D eigenvalue weighted by Crippen LogP contribution is -2.50. The average molecular weight is 287 g/mol. The molecular formula is C13H25N3O4. The third-order valence-electron chi connectivity index (χ3n) is 3.40. The Morgan fingerprint density at radius 2 is 1.70 bits per heavy atom. The zero-order valence-electron chi connectivity index (χ0n) is 12.3. The molecule has 0 aliphatic rings. The average Bonchev–Trinajstić information content (AvgIpc) is 2.35. The van der Waals surface area contributed by atoms with E-state index in [0.717, 1.165) is 12.8 Å². The second-order valence-electron chi connectivity index (χ2n) is 4.88. The van der Waals surface area contributed by atoms with E-state index in [9.17, 15) is 14.4 Å². The van der Waals surface area contributed by atoms with Crippen LogP contribution in [0.25, 0.3) is 0 Å². The number of hydrogen-bond acceptors (Lipinski definition) is 3. The monoisotopic (exact) mass is 287 g/mol. The number of nitrogens with two attached hydrogens (primary N) is 1. The van der Waals surface area contributed by atoms with Gasteiger partial charge in [-0.3, -0.25) is 4.79 Å². The Morgan fingerprint density at radius 1 is 1.15 bits per heavy atom. The van der Waals surface area contributed by atoms with Crippen LogP contribution in [0.4, 0.5) is 4.79 Å². The van der Waals surface area contributed by atoms with Crippen LogP contribution in [-0.2, 0) is 9.59 Å². The minimum Gasteiger partial charge on any atom is -0.480 e. The number of carboxylic acids is 1. The second kappa shape index (κ2) is 9.17. The van der Waals surface area contributed by atoms with Gasteiger partial charge in [0.1, 0.15) is 6.04 Å². The molecule has 0 aromatic rings. The minimum atomic E-state index is -1.18. The molecule has 7 heteroatoms. The molecule has 0 spiro atoms. The van der Waals surface area contributed by atoms with Gasteiger partial charge in [-0.25, -0.2) is 9.59 Å². The number of carbonyl (C=O) groups is 3. The van der Waals surface area contributed by atoms with Crippen molar-refractivity contribution >= 4 is 17.9 Å². The number of primary amides is 1. The Labute approximate surface area is 119 Å². The van der Waals surface area contributed by atoms with E-state index < -0.39 is 23.9 Å². The molecule has 0 aromatic carbocycles. The van der Waals surface area contributed by atoms with Crippen molar-refractivity contribution in [3.8, 4) is 0 Å². The number of nitrogens with one attached hydrogen (secondary N) is 2. The standard InChI is InChI=1S/C13H25N3O4/c1-4-9(5-2)8(3)15-13(20)16-10(12(18)19)6-7-11(14)17/h8-10H,4-7H2,1-3H3,(H2,14,17)(H,18,19)(H2,15,16,20)/t8?,10-/m1/s1. The van der Waals surface area contributed by atoms with Crippen molar-refractivity contribution in [1.82, 2.24) is 10.6 Å². The summed E-state index contributed by atoms with van der Waals surface area (Å²) >= 11 is 0. The first-order valence-corrected chi connectivity index (χ1v) is 6.89. The first kappa shape index (κ1) is 18.2. The van der Waals surface area contributed by atoms with Gasteiger partial charge in [-0.2, -0.15) is 0 Å². The Morgan fingerprint density at radius 3 is 2.10 bits per heavy atom. The largest absolute Gasteiger partial charge is 0.480 e. The highest BCUT2D eigenvalue weighted by Crippen LogP contribution is 2.12. The van der Waals surface area contributed by atoms with Crippen LogP contribution in [0.1, 0.15) is 46.5 Å². The summed E-state index contributed by atoms with van der Waals surface area (Å²) in [7, 11) is 0. The third kappa shape index (κ3) is 6.96. The first-order chi connectivity index (χ1) is 9.31. The molecule has 5 N–H and O–H groups in total. The predicted octanol–water partition coefficient (Wildman–Crippen LogP) is 0.829. The highest BCUT2D eigenvalue weighted by molar-refractivity contribution is 5.83. The van der Waals surface area contributed by atoms with Crippen molar-refractivity contribution in [2.24, 2.45) is 11.7 Å². The molecule has 0 fully saturated rings. The number of rotatable bonds is 9. The van der Waals surface area contributed by atoms with E-state index in [2.05, 4.69) is 10.6 Å². The normalized spacial score (nSPS) is 13.6. The molecule has 0 bridgehead atoms. The summed E-state index contributed by atoms with van der Waals surface area (Å²) < 4.78 is 0. The van der Waals surface area contributed by atoms with E-state index in [1.165, 1.54) is 0 Å². The van der Waals surface area contributed by atoms with Crippen molar-refractivity contribution in [3.05, 3.63) is 0 Å². The van der Waals surface area contributed by atoms with Crippen LogP contribution in [0, 0.1) is 5.92 Å². The molecular weight excluding hydrogens is 262 g/mol. The van der Waals surface area contributed by atoms with Gasteiger partial charge in [-0.1, -0.05) is 26.7 Å². The maximum Gasteiger partial charge on any atom is 0.326 e. The quantitative estimate of drug-likeness (QED) is 0.501. The van der Waals surface area contributed by atoms with Gasteiger partial charge < -0.3 is 21.5 Å². The molecule has 7 nitrogen and oxygen atoms in total. The topological polar surface area (TPSA) is 122 Å². The molecule has 0 rings (SSSR count). The molecule has 2 atom stereocenters. The minimum absolute atomic E-state index is 0.0164. The van der Waals surface area contributed by atoms with Crippen molar-refractivity contribution in [3.63, 3.8) is 0 Å². The van der Waals surface area contributed by atoms with Crippen molar-refractivity contribution in [1.29, 1.82) is 0 Å². The van der Waals surface area contributed by atoms with Crippen LogP contribution in [0.15, 0.2) is 0 Å². The molecule has 0 heterocycles. The van der Waals surface area contributed by atoms with Crippen LogP contribution in [-0.4, -0.2) is 35.1 Å². The fraction of sp³-hybridized carbons (Fsp3) is 0.769. The SMILES string of the molecule is CCC(CC)C(C)NC(=O)N[C@H](CCC(N)=O)C(=O)O. The summed E-state index contributed by atoms with van der Waals surface area (Å²) in [6.07, 6.45) is 1.76. The lowest BCUT2D eigenvalue weighted by atomic mass is 9.96. The van der Waals surface area contributed by atoms with Gasteiger partial charge in [0.05, 0.1) is 0 Å². The van der Waals surface area contributed by atoms with Gasteiger partial charge in [0.25, 0.3) is 0 Å². The Balaban J connectivity index is 4.38. The Bertz CT molecular complexity index is 343. The number of carboxylic acid groups (broad SMARTS) is 1. The summed E-state index contributed by atoms with van der Waals surface area (Å²) in [6, 6.07) is -1.70. The molecule has 0 aliphatic heterocycles. The predicted molar refractivity (Wildman–Crippen MR) is 75.1 cm³/mol. The Hall–Kier alpha value is -1.79. The van der Waals surface area contributed by atoms with Crippen LogP contribution >= 0.6 is 0 Å². The van der Waals surface area contributed by atoms with E-state index in [4.69, 9.17) is 10.8 Å². The summed E-state index contributed by atoms with van der Waals surface area (Å²) in [5.74, 6) is -1.44. The number of urea groups is 1. The van der Waals surface area contributed by atoms with E-state index in [1.54, 1.807) is 0 Å². The van der Waals surface area contributed by atoms with Gasteiger partial charge in [0.2, 0.25) is 5.91 Å². The molecule has 0 saturated heterocycles. The number of carbonyl (C=O) groups excluding carboxylic acids is 2. The van der Waals surface area contributed by atoms with E-state index in [0.29, 0.717) is 5.92 Å². The summed E-state index contributed by atoms with van der Waals surface area (Å²) in [4.78, 5) is 33.4. The maximum atomic E-state index is 11.7. The van der Waals surface area contributed by atoms with Crippen LogP contribution in [0.2, 0.25) is 0 Å². The van der Waals surface area contributed by atoms with E-state index in [-0.39, 0.29) is 18.9 Å². The highest BCUT2D eigenvalue weighted by atomic mass is 16.4. The van der Waals surface area contributed by atoms with Crippen molar-refractivity contribution in [2.75, 3.05) is 0 Å². The summed E-state index contributed by atoms with van der Waals surface area (Å²) in [5, 5.41) is 14.0. The third-order valence-corrected chi connectivity index (χ3v) is 3.40. The van der Waals surface area contributed by atoms with E-state index >= 15 is 0 Å². The molecule has 3 amide bonds. The lowest BCUT2D eigenvalue weighted by Gasteiger charge is -2.23. The van der Waals surface area contributed by atoms with Crippen molar-refractivity contribution in [2.45, 2.75) is 58.5 Å². The maximum absolute atomic E-state index is 11.7. The molecule has 0 aromatic heterocycles. The summed E-state index contributed by atoms with van der Waals surface area (Å²) in [6.45, 7) is 5.96. The lowest BCUT2D eigenvalue weighted by molar-refractivity contribution is -0.139. The molecule has 0 aliphatic carbocycles. The van der Waals surface area contributed by atoms with Gasteiger partial charge in [-0.15, -0.1) is 0 Å². The van der Waals surface area contributed by atoms with Gasteiger partial charge in [0, 0.05) is 12.5 Å². The molecule has 20 heavy (non-hydrogen) atoms. The second-order valence-corrected chi connectivity index (χ2v) is 4.88. The van der Waals surface area contributed by atoms with Gasteiger partial charge in [0.15, 0.2) is 0 Å². The molecule has 116 valence electrons. The molecule has 1 unspecified atom stereocenters. The zero-order chi connectivity index (χ0) is 15.7. The summed E-state index contributed by atoms with van der Waals surface area (Å²) in [5.41, 5.74) is 4.97. The number of amides is 3. The van der Waals surface area contributed by atoms with Gasteiger partial charge in [-0.05, 0) is 19.3 Å². The fourth-order valence-corrected chi connectivity index (χ4v) is 2.06. The Kier molecular flexibility index (Phi) is 8.35. The van der Waals surface area contributed by atoms with E-state index in [1.807, 2.05) is 20.8 Å².